The smallest absolute Gasteiger partial charge is 0.325 e. The highest BCUT2D eigenvalue weighted by atomic mass is 16.5. The van der Waals surface area contributed by atoms with Crippen molar-refractivity contribution in [1.82, 2.24) is 9.97 Å². The molecule has 0 aliphatic heterocycles. The van der Waals surface area contributed by atoms with E-state index in [9.17, 15) is 4.79 Å². The Morgan fingerprint density at radius 2 is 2.25 bits per heavy atom. The lowest BCUT2D eigenvalue weighted by Crippen LogP contribution is -2.17. The van der Waals surface area contributed by atoms with E-state index < -0.39 is 0 Å². The van der Waals surface area contributed by atoms with Crippen LogP contribution in [0, 0.1) is 0 Å². The van der Waals surface area contributed by atoms with Gasteiger partial charge >= 0.3 is 5.97 Å². The minimum Gasteiger partial charge on any atom is -0.465 e. The number of esters is 1. The Morgan fingerprint density at radius 1 is 1.44 bits per heavy atom. The molecule has 1 aromatic rings. The Kier molecular flexibility index (Phi) is 5.04. The Bertz CT molecular complexity index is 343. The van der Waals surface area contributed by atoms with E-state index >= 15 is 0 Å². The molecule has 1 heterocycles. The van der Waals surface area contributed by atoms with Crippen molar-refractivity contribution >= 4 is 17.7 Å². The second kappa shape index (κ2) is 6.60. The largest absolute Gasteiger partial charge is 0.465 e. The fourth-order valence-corrected chi connectivity index (χ4v) is 1.08. The number of aromatic nitrogens is 2. The van der Waals surface area contributed by atoms with Gasteiger partial charge in [-0.2, -0.15) is 4.98 Å². The Labute approximate surface area is 94.4 Å². The van der Waals surface area contributed by atoms with Gasteiger partial charge in [-0.25, -0.2) is 4.98 Å². The van der Waals surface area contributed by atoms with E-state index in [-0.39, 0.29) is 12.5 Å². The van der Waals surface area contributed by atoms with Crippen LogP contribution in [0.25, 0.3) is 0 Å². The summed E-state index contributed by atoms with van der Waals surface area (Å²) in [5.41, 5.74) is 0. The van der Waals surface area contributed by atoms with Crippen LogP contribution >= 0.6 is 0 Å². The summed E-state index contributed by atoms with van der Waals surface area (Å²) in [6.07, 6.45) is 1.62. The summed E-state index contributed by atoms with van der Waals surface area (Å²) in [5.74, 6) is 0.835. The molecular formula is C10H16N4O2. The molecule has 2 N–H and O–H groups in total. The summed E-state index contributed by atoms with van der Waals surface area (Å²) >= 11 is 0. The van der Waals surface area contributed by atoms with Gasteiger partial charge < -0.3 is 15.4 Å². The van der Waals surface area contributed by atoms with Crippen molar-refractivity contribution in [3.05, 3.63) is 12.3 Å². The zero-order valence-corrected chi connectivity index (χ0v) is 9.49. The number of rotatable bonds is 6. The molecule has 6 heteroatoms. The lowest BCUT2D eigenvalue weighted by molar-refractivity contribution is -0.140. The summed E-state index contributed by atoms with van der Waals surface area (Å²) in [6.45, 7) is 4.97. The highest BCUT2D eigenvalue weighted by Crippen LogP contribution is 2.04. The van der Waals surface area contributed by atoms with Gasteiger partial charge in [-0.3, -0.25) is 4.79 Å². The molecule has 1 aromatic heterocycles. The lowest BCUT2D eigenvalue weighted by atomic mass is 10.5. The molecule has 0 unspecified atom stereocenters. The third-order valence-corrected chi connectivity index (χ3v) is 1.71. The van der Waals surface area contributed by atoms with Crippen molar-refractivity contribution < 1.29 is 9.53 Å². The molecule has 16 heavy (non-hydrogen) atoms. The molecule has 0 radical (unpaired) electrons. The first-order valence-electron chi connectivity index (χ1n) is 5.22. The maximum atomic E-state index is 11.1. The lowest BCUT2D eigenvalue weighted by Gasteiger charge is -2.06. The third kappa shape index (κ3) is 4.12. The normalized spacial score (nSPS) is 9.62. The quantitative estimate of drug-likeness (QED) is 0.699. The van der Waals surface area contributed by atoms with Gasteiger partial charge in [-0.05, 0) is 19.9 Å². The molecule has 1 rings (SSSR count). The minimum absolute atomic E-state index is 0.108. The van der Waals surface area contributed by atoms with Gasteiger partial charge in [0.1, 0.15) is 12.4 Å². The highest BCUT2D eigenvalue weighted by molar-refractivity contribution is 5.74. The molecular weight excluding hydrogens is 208 g/mol. The first-order chi connectivity index (χ1) is 7.76. The van der Waals surface area contributed by atoms with Crippen molar-refractivity contribution in [1.29, 1.82) is 0 Å². The molecule has 0 fully saturated rings. The molecule has 0 amide bonds. The van der Waals surface area contributed by atoms with E-state index in [1.54, 1.807) is 19.2 Å². The topological polar surface area (TPSA) is 76.1 Å². The van der Waals surface area contributed by atoms with Crippen LogP contribution in [0.1, 0.15) is 13.8 Å². The van der Waals surface area contributed by atoms with Crippen LogP contribution in [-0.2, 0) is 9.53 Å². The van der Waals surface area contributed by atoms with Gasteiger partial charge in [0.2, 0.25) is 5.95 Å². The zero-order valence-electron chi connectivity index (χ0n) is 9.49. The SMILES string of the molecule is CCNc1nccc(NCC(=O)OCC)n1. The van der Waals surface area contributed by atoms with E-state index in [2.05, 4.69) is 20.6 Å². The fraction of sp³-hybridized carbons (Fsp3) is 0.500. The number of carbonyl (C=O) groups excluding carboxylic acids is 1. The molecule has 0 saturated heterocycles. The number of hydrogen-bond acceptors (Lipinski definition) is 6. The second-order valence-corrected chi connectivity index (χ2v) is 2.95. The number of anilines is 2. The summed E-state index contributed by atoms with van der Waals surface area (Å²) in [7, 11) is 0. The average molecular weight is 224 g/mol. The first-order valence-corrected chi connectivity index (χ1v) is 5.22. The van der Waals surface area contributed by atoms with Gasteiger partial charge in [-0.15, -0.1) is 0 Å². The molecule has 0 bridgehead atoms. The fourth-order valence-electron chi connectivity index (χ4n) is 1.08. The predicted octanol–water partition coefficient (Wildman–Crippen LogP) is 0.883. The Hall–Kier alpha value is -1.85. The van der Waals surface area contributed by atoms with E-state index in [1.165, 1.54) is 0 Å². The Morgan fingerprint density at radius 3 is 2.94 bits per heavy atom. The van der Waals surface area contributed by atoms with Crippen LogP contribution in [0.15, 0.2) is 12.3 Å². The Balaban J connectivity index is 2.47. The molecule has 0 aliphatic carbocycles. The molecule has 0 aromatic carbocycles. The standard InChI is InChI=1S/C10H16N4O2/c1-3-11-10-12-6-5-8(14-10)13-7-9(15)16-4-2/h5-6H,3-4,7H2,1-2H3,(H2,11,12,13,14). The van der Waals surface area contributed by atoms with Crippen molar-refractivity contribution in [2.24, 2.45) is 0 Å². The number of nitrogens with one attached hydrogen (secondary N) is 2. The molecule has 0 atom stereocenters. The van der Waals surface area contributed by atoms with E-state index in [0.717, 1.165) is 6.54 Å². The van der Waals surface area contributed by atoms with Gasteiger partial charge in [0.05, 0.1) is 6.61 Å². The number of ether oxygens (including phenoxy) is 1. The number of nitrogens with zero attached hydrogens (tertiary/aromatic N) is 2. The maximum Gasteiger partial charge on any atom is 0.325 e. The summed E-state index contributed by atoms with van der Waals surface area (Å²) < 4.78 is 4.78. The van der Waals surface area contributed by atoms with Gasteiger partial charge in [0, 0.05) is 12.7 Å². The molecule has 0 spiro atoms. The summed E-state index contributed by atoms with van der Waals surface area (Å²) in [4.78, 5) is 19.3. The van der Waals surface area contributed by atoms with Crippen molar-refractivity contribution in [2.45, 2.75) is 13.8 Å². The number of hydrogen-bond donors (Lipinski definition) is 2. The predicted molar refractivity (Wildman–Crippen MR) is 61.3 cm³/mol. The van der Waals surface area contributed by atoms with Crippen LogP contribution in [0.5, 0.6) is 0 Å². The molecule has 0 aliphatic rings. The molecule has 6 nitrogen and oxygen atoms in total. The van der Waals surface area contributed by atoms with Crippen molar-refractivity contribution in [2.75, 3.05) is 30.3 Å². The first kappa shape index (κ1) is 12.2. The third-order valence-electron chi connectivity index (χ3n) is 1.71. The van der Waals surface area contributed by atoms with Crippen LogP contribution < -0.4 is 10.6 Å². The monoisotopic (exact) mass is 224 g/mol. The highest BCUT2D eigenvalue weighted by Gasteiger charge is 2.02. The summed E-state index contributed by atoms with van der Waals surface area (Å²) in [5, 5.41) is 5.84. The van der Waals surface area contributed by atoms with Gasteiger partial charge in [0.15, 0.2) is 0 Å². The minimum atomic E-state index is -0.300. The van der Waals surface area contributed by atoms with Crippen molar-refractivity contribution in [3.63, 3.8) is 0 Å². The molecule has 0 saturated carbocycles. The second-order valence-electron chi connectivity index (χ2n) is 2.95. The van der Waals surface area contributed by atoms with E-state index in [0.29, 0.717) is 18.4 Å². The maximum absolute atomic E-state index is 11.1. The van der Waals surface area contributed by atoms with Gasteiger partial charge in [-0.1, -0.05) is 0 Å². The summed E-state index contributed by atoms with van der Waals surface area (Å²) in [6, 6.07) is 1.69. The van der Waals surface area contributed by atoms with E-state index in [4.69, 9.17) is 4.74 Å². The molecule has 88 valence electrons. The average Bonchev–Trinajstić information content (AvgIpc) is 2.28. The van der Waals surface area contributed by atoms with Crippen LogP contribution in [0.2, 0.25) is 0 Å². The van der Waals surface area contributed by atoms with E-state index in [1.807, 2.05) is 6.92 Å². The van der Waals surface area contributed by atoms with Gasteiger partial charge in [0.25, 0.3) is 0 Å². The van der Waals surface area contributed by atoms with Crippen LogP contribution in [-0.4, -0.2) is 35.6 Å². The van der Waals surface area contributed by atoms with Crippen LogP contribution in [0.4, 0.5) is 11.8 Å². The van der Waals surface area contributed by atoms with Crippen LogP contribution in [0.3, 0.4) is 0 Å². The zero-order chi connectivity index (χ0) is 11.8. The number of carbonyl (C=O) groups is 1. The van der Waals surface area contributed by atoms with Crippen molar-refractivity contribution in [3.8, 4) is 0 Å².